The predicted molar refractivity (Wildman–Crippen MR) is 108 cm³/mol. The first-order valence-electron chi connectivity index (χ1n) is 8.55. The van der Waals surface area contributed by atoms with Crippen molar-refractivity contribution in [1.29, 1.82) is 0 Å². The Morgan fingerprint density at radius 1 is 1.07 bits per heavy atom. The van der Waals surface area contributed by atoms with E-state index in [2.05, 4.69) is 20.8 Å². The number of anilines is 1. The molecule has 0 fully saturated rings. The number of rotatable bonds is 7. The van der Waals surface area contributed by atoms with Gasteiger partial charge in [0.05, 0.1) is 19.3 Å². The maximum atomic E-state index is 11.8. The Hall–Kier alpha value is -3.32. The van der Waals surface area contributed by atoms with Crippen LogP contribution in [0, 0.1) is 0 Å². The Morgan fingerprint density at radius 2 is 1.89 bits per heavy atom. The molecule has 2 N–H and O–H groups in total. The van der Waals surface area contributed by atoms with Crippen LogP contribution in [0.2, 0.25) is 5.02 Å². The predicted octanol–water partition coefficient (Wildman–Crippen LogP) is 4.01. The van der Waals surface area contributed by atoms with Crippen LogP contribution in [0.3, 0.4) is 0 Å². The summed E-state index contributed by atoms with van der Waals surface area (Å²) in [5.41, 5.74) is 2.28. The highest BCUT2D eigenvalue weighted by molar-refractivity contribution is 6.30. The number of nitrogens with one attached hydrogen (secondary N) is 2. The first-order chi connectivity index (χ1) is 13.6. The van der Waals surface area contributed by atoms with Gasteiger partial charge in [0.25, 0.3) is 0 Å². The number of carbonyl (C=O) groups excluding carboxylic acids is 1. The van der Waals surface area contributed by atoms with Crippen molar-refractivity contribution in [3.05, 3.63) is 65.7 Å². The third-order valence-corrected chi connectivity index (χ3v) is 3.98. The molecular weight excluding hydrogens is 380 g/mol. The van der Waals surface area contributed by atoms with E-state index in [1.807, 2.05) is 30.3 Å². The molecule has 0 spiro atoms. The van der Waals surface area contributed by atoms with Gasteiger partial charge >= 0.3 is 6.03 Å². The zero-order valence-electron chi connectivity index (χ0n) is 15.2. The fraction of sp³-hybridized carbons (Fsp3) is 0.150. The molecular formula is C20H19ClN4O3. The average molecular weight is 399 g/mol. The Kier molecular flexibility index (Phi) is 6.64. The van der Waals surface area contributed by atoms with E-state index in [0.29, 0.717) is 23.1 Å². The molecule has 1 aromatic heterocycles. The number of amides is 2. The van der Waals surface area contributed by atoms with Crippen LogP contribution in [0.5, 0.6) is 11.6 Å². The molecule has 1 heterocycles. The number of methoxy groups -OCH3 is 1. The molecule has 0 bridgehead atoms. The van der Waals surface area contributed by atoms with Gasteiger partial charge in [0, 0.05) is 22.3 Å². The van der Waals surface area contributed by atoms with Crippen LogP contribution in [0.4, 0.5) is 10.5 Å². The van der Waals surface area contributed by atoms with E-state index in [9.17, 15) is 4.79 Å². The van der Waals surface area contributed by atoms with Crippen molar-refractivity contribution in [2.24, 2.45) is 0 Å². The molecule has 0 aliphatic heterocycles. The number of aromatic nitrogens is 2. The molecule has 8 heteroatoms. The highest BCUT2D eigenvalue weighted by Crippen LogP contribution is 2.21. The second kappa shape index (κ2) is 9.57. The number of carbonyl (C=O) groups is 1. The van der Waals surface area contributed by atoms with Crippen molar-refractivity contribution in [1.82, 2.24) is 15.5 Å². The van der Waals surface area contributed by atoms with E-state index in [-0.39, 0.29) is 12.6 Å². The lowest BCUT2D eigenvalue weighted by Crippen LogP contribution is -2.32. The molecule has 0 saturated heterocycles. The number of hydrogen-bond acceptors (Lipinski definition) is 5. The zero-order valence-corrected chi connectivity index (χ0v) is 15.9. The third-order valence-electron chi connectivity index (χ3n) is 3.75. The molecule has 2 aromatic carbocycles. The molecule has 28 heavy (non-hydrogen) atoms. The fourth-order valence-corrected chi connectivity index (χ4v) is 2.56. The highest BCUT2D eigenvalue weighted by atomic mass is 35.5. The number of hydrogen-bond donors (Lipinski definition) is 2. The molecule has 144 valence electrons. The summed E-state index contributed by atoms with van der Waals surface area (Å²) in [5, 5.41) is 14.1. The van der Waals surface area contributed by atoms with Gasteiger partial charge in [-0.15, -0.1) is 10.2 Å². The second-order valence-electron chi connectivity index (χ2n) is 5.73. The van der Waals surface area contributed by atoms with Gasteiger partial charge in [-0.2, -0.15) is 0 Å². The maximum Gasteiger partial charge on any atom is 0.319 e. The van der Waals surface area contributed by atoms with Gasteiger partial charge in [-0.3, -0.25) is 0 Å². The van der Waals surface area contributed by atoms with Crippen molar-refractivity contribution < 1.29 is 14.3 Å². The fourth-order valence-electron chi connectivity index (χ4n) is 2.37. The molecule has 3 rings (SSSR count). The average Bonchev–Trinajstić information content (AvgIpc) is 2.72. The third kappa shape index (κ3) is 5.59. The highest BCUT2D eigenvalue weighted by Gasteiger charge is 2.04. The van der Waals surface area contributed by atoms with Gasteiger partial charge in [0.1, 0.15) is 12.4 Å². The monoisotopic (exact) mass is 398 g/mol. The molecule has 3 aromatic rings. The number of halogens is 1. The van der Waals surface area contributed by atoms with Crippen molar-refractivity contribution in [2.45, 2.75) is 0 Å². The van der Waals surface area contributed by atoms with Crippen molar-refractivity contribution >= 4 is 23.3 Å². The Bertz CT molecular complexity index is 917. The molecule has 2 amide bonds. The lowest BCUT2D eigenvalue weighted by atomic mass is 10.1. The molecule has 0 atom stereocenters. The SMILES string of the molecule is COc1ccc(-c2ccc(OCCNC(=O)Nc3cccc(Cl)c3)nn2)cc1. The molecule has 0 radical (unpaired) electrons. The summed E-state index contributed by atoms with van der Waals surface area (Å²) in [6, 6.07) is 17.7. The van der Waals surface area contributed by atoms with E-state index in [0.717, 1.165) is 17.0 Å². The van der Waals surface area contributed by atoms with E-state index in [1.54, 1.807) is 37.4 Å². The van der Waals surface area contributed by atoms with E-state index in [1.165, 1.54) is 0 Å². The summed E-state index contributed by atoms with van der Waals surface area (Å²) in [5.74, 6) is 1.16. The minimum absolute atomic E-state index is 0.263. The van der Waals surface area contributed by atoms with Gasteiger partial charge in [-0.1, -0.05) is 17.7 Å². The lowest BCUT2D eigenvalue weighted by Gasteiger charge is -2.09. The summed E-state index contributed by atoms with van der Waals surface area (Å²) >= 11 is 5.88. The largest absolute Gasteiger partial charge is 0.497 e. The van der Waals surface area contributed by atoms with E-state index < -0.39 is 0 Å². The summed E-state index contributed by atoms with van der Waals surface area (Å²) in [4.78, 5) is 11.8. The van der Waals surface area contributed by atoms with Gasteiger partial charge in [-0.25, -0.2) is 4.79 Å². The zero-order chi connectivity index (χ0) is 19.8. The van der Waals surface area contributed by atoms with Crippen LogP contribution in [0.15, 0.2) is 60.7 Å². The number of urea groups is 1. The Morgan fingerprint density at radius 3 is 2.57 bits per heavy atom. The Balaban J connectivity index is 1.42. The van der Waals surface area contributed by atoms with Crippen LogP contribution in [-0.4, -0.2) is 36.5 Å². The van der Waals surface area contributed by atoms with Crippen LogP contribution < -0.4 is 20.1 Å². The van der Waals surface area contributed by atoms with Gasteiger partial charge in [0.15, 0.2) is 0 Å². The summed E-state index contributed by atoms with van der Waals surface area (Å²) in [6.45, 7) is 0.577. The minimum atomic E-state index is -0.341. The van der Waals surface area contributed by atoms with Crippen molar-refractivity contribution in [3.8, 4) is 22.9 Å². The first kappa shape index (κ1) is 19.4. The quantitative estimate of drug-likeness (QED) is 0.587. The first-order valence-corrected chi connectivity index (χ1v) is 8.93. The maximum absolute atomic E-state index is 11.8. The molecule has 0 saturated carbocycles. The number of benzene rings is 2. The van der Waals surface area contributed by atoms with E-state index >= 15 is 0 Å². The van der Waals surface area contributed by atoms with Crippen LogP contribution in [0.25, 0.3) is 11.3 Å². The van der Waals surface area contributed by atoms with Crippen molar-refractivity contribution in [2.75, 3.05) is 25.6 Å². The molecule has 0 unspecified atom stereocenters. The normalized spacial score (nSPS) is 10.2. The molecule has 0 aliphatic rings. The van der Waals surface area contributed by atoms with Crippen LogP contribution >= 0.6 is 11.6 Å². The molecule has 0 aliphatic carbocycles. The second-order valence-corrected chi connectivity index (χ2v) is 6.16. The number of ether oxygens (including phenoxy) is 2. The van der Waals surface area contributed by atoms with Crippen LogP contribution in [-0.2, 0) is 0 Å². The van der Waals surface area contributed by atoms with Crippen molar-refractivity contribution in [3.63, 3.8) is 0 Å². The molecule has 7 nitrogen and oxygen atoms in total. The lowest BCUT2D eigenvalue weighted by molar-refractivity contribution is 0.246. The van der Waals surface area contributed by atoms with Gasteiger partial charge in [0.2, 0.25) is 5.88 Å². The summed E-state index contributed by atoms with van der Waals surface area (Å²) in [6.07, 6.45) is 0. The Labute approximate surface area is 167 Å². The minimum Gasteiger partial charge on any atom is -0.497 e. The number of nitrogens with zero attached hydrogens (tertiary/aromatic N) is 2. The van der Waals surface area contributed by atoms with Gasteiger partial charge in [-0.05, 0) is 48.5 Å². The summed E-state index contributed by atoms with van der Waals surface area (Å²) in [7, 11) is 1.62. The smallest absolute Gasteiger partial charge is 0.319 e. The topological polar surface area (TPSA) is 85.4 Å². The van der Waals surface area contributed by atoms with E-state index in [4.69, 9.17) is 21.1 Å². The van der Waals surface area contributed by atoms with Gasteiger partial charge < -0.3 is 20.1 Å². The standard InChI is InChI=1S/C20H19ClN4O3/c1-27-17-7-5-14(6-8-17)18-9-10-19(25-24-18)28-12-11-22-20(26)23-16-4-2-3-15(21)13-16/h2-10,13H,11-12H2,1H3,(H2,22,23,26). The summed E-state index contributed by atoms with van der Waals surface area (Å²) < 4.78 is 10.6. The van der Waals surface area contributed by atoms with Crippen LogP contribution in [0.1, 0.15) is 0 Å².